The molecule has 2 aromatic heterocycles. The van der Waals surface area contributed by atoms with Crippen LogP contribution in [0.15, 0.2) is 47.6 Å². The number of ether oxygens (including phenoxy) is 1. The number of nitrogens with zero attached hydrogens (tertiary/aromatic N) is 2. The topological polar surface area (TPSA) is 114 Å². The van der Waals surface area contributed by atoms with Crippen LogP contribution in [0.2, 0.25) is 5.15 Å². The van der Waals surface area contributed by atoms with Gasteiger partial charge in [0.05, 0.1) is 24.1 Å². The standard InChI is InChI=1S/C19H18ClFN4O4S/c1-11(2)10-29-14-8-12(7-13(21)9-14)16-4-3-15(18(20)23-16)19(26)25-30(27,28)17-5-6-22-24-17/h3-9,11H,10H2,1-2H3,(H,22,24)(H,25,26). The maximum Gasteiger partial charge on any atom is 0.281 e. The van der Waals surface area contributed by atoms with Crippen LogP contribution < -0.4 is 9.46 Å². The number of aromatic amines is 1. The Bertz CT molecular complexity index is 1170. The van der Waals surface area contributed by atoms with Crippen molar-refractivity contribution in [3.63, 3.8) is 0 Å². The highest BCUT2D eigenvalue weighted by Gasteiger charge is 2.22. The van der Waals surface area contributed by atoms with Crippen molar-refractivity contribution < 1.29 is 22.3 Å². The fraction of sp³-hybridized carbons (Fsp3) is 0.211. The van der Waals surface area contributed by atoms with Crippen molar-refractivity contribution in [2.45, 2.75) is 18.9 Å². The first-order valence-electron chi connectivity index (χ1n) is 8.82. The monoisotopic (exact) mass is 452 g/mol. The van der Waals surface area contributed by atoms with E-state index < -0.39 is 21.7 Å². The first-order valence-corrected chi connectivity index (χ1v) is 10.7. The fourth-order valence-corrected chi connectivity index (χ4v) is 3.56. The molecule has 0 unspecified atom stereocenters. The van der Waals surface area contributed by atoms with Gasteiger partial charge in [0.2, 0.25) is 0 Å². The van der Waals surface area contributed by atoms with Gasteiger partial charge in [-0.1, -0.05) is 25.4 Å². The molecule has 8 nitrogen and oxygen atoms in total. The predicted octanol–water partition coefficient (Wildman–Crippen LogP) is 3.42. The molecule has 3 rings (SSSR count). The number of pyridine rings is 1. The number of halogens is 2. The average Bonchev–Trinajstić information content (AvgIpc) is 3.21. The molecular weight excluding hydrogens is 435 g/mol. The van der Waals surface area contributed by atoms with E-state index in [9.17, 15) is 17.6 Å². The molecule has 11 heteroatoms. The van der Waals surface area contributed by atoms with Crippen molar-refractivity contribution in [3.8, 4) is 17.0 Å². The summed E-state index contributed by atoms with van der Waals surface area (Å²) in [5.41, 5.74) is 0.533. The van der Waals surface area contributed by atoms with E-state index in [1.807, 2.05) is 18.6 Å². The van der Waals surface area contributed by atoms with Crippen LogP contribution in [-0.2, 0) is 10.0 Å². The molecule has 2 heterocycles. The number of hydrogen-bond donors (Lipinski definition) is 2. The van der Waals surface area contributed by atoms with Gasteiger partial charge in [-0.2, -0.15) is 13.5 Å². The van der Waals surface area contributed by atoms with E-state index in [1.54, 1.807) is 6.07 Å². The molecule has 1 amide bonds. The smallest absolute Gasteiger partial charge is 0.281 e. The Kier molecular flexibility index (Phi) is 6.37. The third-order valence-corrected chi connectivity index (χ3v) is 5.38. The summed E-state index contributed by atoms with van der Waals surface area (Å²) in [6.45, 7) is 4.36. The van der Waals surface area contributed by atoms with Gasteiger partial charge in [-0.05, 0) is 36.2 Å². The second-order valence-electron chi connectivity index (χ2n) is 6.77. The molecule has 3 aromatic rings. The molecule has 1 aromatic carbocycles. The molecular formula is C19H18ClFN4O4S. The molecule has 0 aliphatic carbocycles. The quantitative estimate of drug-likeness (QED) is 0.531. The number of amides is 1. The lowest BCUT2D eigenvalue weighted by Crippen LogP contribution is -2.31. The molecule has 0 bridgehead atoms. The minimum Gasteiger partial charge on any atom is -0.493 e. The average molecular weight is 453 g/mol. The Hall–Kier alpha value is -2.98. The van der Waals surface area contributed by atoms with Gasteiger partial charge in [0.15, 0.2) is 5.03 Å². The van der Waals surface area contributed by atoms with Gasteiger partial charge < -0.3 is 4.74 Å². The SMILES string of the molecule is CC(C)COc1cc(F)cc(-c2ccc(C(=O)NS(=O)(=O)c3ccn[nH]3)c(Cl)n2)c1. The Morgan fingerprint density at radius 3 is 2.67 bits per heavy atom. The molecule has 30 heavy (non-hydrogen) atoms. The number of sulfonamides is 1. The van der Waals surface area contributed by atoms with Gasteiger partial charge in [0.1, 0.15) is 16.7 Å². The largest absolute Gasteiger partial charge is 0.493 e. The van der Waals surface area contributed by atoms with E-state index in [2.05, 4.69) is 15.2 Å². The van der Waals surface area contributed by atoms with E-state index in [4.69, 9.17) is 16.3 Å². The Balaban J connectivity index is 1.84. The lowest BCUT2D eigenvalue weighted by Gasteiger charge is -2.11. The number of carbonyl (C=O) groups excluding carboxylic acids is 1. The summed E-state index contributed by atoms with van der Waals surface area (Å²) in [7, 11) is -4.14. The fourth-order valence-electron chi connectivity index (χ4n) is 2.45. The van der Waals surface area contributed by atoms with E-state index in [0.29, 0.717) is 23.6 Å². The highest BCUT2D eigenvalue weighted by atomic mass is 35.5. The van der Waals surface area contributed by atoms with Crippen molar-refractivity contribution in [1.29, 1.82) is 0 Å². The molecule has 0 saturated heterocycles. The second kappa shape index (κ2) is 8.80. The highest BCUT2D eigenvalue weighted by molar-refractivity contribution is 7.90. The zero-order valence-electron chi connectivity index (χ0n) is 16.0. The first-order chi connectivity index (χ1) is 14.2. The molecule has 0 saturated carbocycles. The maximum atomic E-state index is 14.0. The van der Waals surface area contributed by atoms with Crippen LogP contribution in [0.4, 0.5) is 4.39 Å². The van der Waals surface area contributed by atoms with Crippen LogP contribution in [0, 0.1) is 11.7 Å². The van der Waals surface area contributed by atoms with Crippen molar-refractivity contribution in [2.75, 3.05) is 6.61 Å². The number of carbonyl (C=O) groups is 1. The van der Waals surface area contributed by atoms with Gasteiger partial charge in [0, 0.05) is 11.6 Å². The second-order valence-corrected chi connectivity index (χ2v) is 8.78. The van der Waals surface area contributed by atoms with E-state index in [-0.39, 0.29) is 21.7 Å². The van der Waals surface area contributed by atoms with Crippen LogP contribution in [0.5, 0.6) is 5.75 Å². The number of hydrogen-bond acceptors (Lipinski definition) is 6. The Morgan fingerprint density at radius 2 is 2.03 bits per heavy atom. The highest BCUT2D eigenvalue weighted by Crippen LogP contribution is 2.27. The zero-order valence-corrected chi connectivity index (χ0v) is 17.6. The Morgan fingerprint density at radius 1 is 1.27 bits per heavy atom. The van der Waals surface area contributed by atoms with Gasteiger partial charge in [-0.3, -0.25) is 9.89 Å². The number of benzene rings is 1. The lowest BCUT2D eigenvalue weighted by molar-refractivity contribution is 0.0981. The summed E-state index contributed by atoms with van der Waals surface area (Å²) in [5.74, 6) is -0.880. The summed E-state index contributed by atoms with van der Waals surface area (Å²) in [6.07, 6.45) is 1.24. The number of H-pyrrole nitrogens is 1. The molecule has 0 spiro atoms. The lowest BCUT2D eigenvalue weighted by atomic mass is 10.1. The van der Waals surface area contributed by atoms with Crippen LogP contribution in [0.1, 0.15) is 24.2 Å². The van der Waals surface area contributed by atoms with Crippen molar-refractivity contribution >= 4 is 27.5 Å². The molecule has 158 valence electrons. The van der Waals surface area contributed by atoms with Crippen LogP contribution in [-0.4, -0.2) is 36.1 Å². The van der Waals surface area contributed by atoms with Crippen molar-refractivity contribution in [1.82, 2.24) is 19.9 Å². The van der Waals surface area contributed by atoms with Crippen LogP contribution in [0.3, 0.4) is 0 Å². The molecule has 0 atom stereocenters. The summed E-state index contributed by atoms with van der Waals surface area (Å²) in [6, 6.07) is 8.06. The summed E-state index contributed by atoms with van der Waals surface area (Å²) in [5, 5.41) is 5.28. The van der Waals surface area contributed by atoms with Gasteiger partial charge in [-0.25, -0.2) is 14.1 Å². The summed E-state index contributed by atoms with van der Waals surface area (Å²) in [4.78, 5) is 16.5. The van der Waals surface area contributed by atoms with Crippen LogP contribution >= 0.6 is 11.6 Å². The zero-order chi connectivity index (χ0) is 21.9. The Labute approximate surface area is 177 Å². The summed E-state index contributed by atoms with van der Waals surface area (Å²) >= 11 is 6.10. The van der Waals surface area contributed by atoms with Crippen molar-refractivity contribution in [3.05, 3.63) is 59.1 Å². The predicted molar refractivity (Wildman–Crippen MR) is 108 cm³/mol. The molecule has 0 aliphatic rings. The minimum absolute atomic E-state index is 0.156. The normalized spacial score (nSPS) is 11.5. The third kappa shape index (κ3) is 5.14. The first kappa shape index (κ1) is 21.7. The maximum absolute atomic E-state index is 14.0. The van der Waals surface area contributed by atoms with E-state index in [0.717, 1.165) is 0 Å². The van der Waals surface area contributed by atoms with Gasteiger partial charge in [-0.15, -0.1) is 0 Å². The third-order valence-electron chi connectivity index (χ3n) is 3.84. The van der Waals surface area contributed by atoms with Gasteiger partial charge in [0.25, 0.3) is 15.9 Å². The molecule has 0 radical (unpaired) electrons. The van der Waals surface area contributed by atoms with E-state index >= 15 is 0 Å². The number of aromatic nitrogens is 3. The summed E-state index contributed by atoms with van der Waals surface area (Å²) < 4.78 is 45.7. The molecule has 0 aliphatic heterocycles. The minimum atomic E-state index is -4.14. The molecule has 2 N–H and O–H groups in total. The number of nitrogens with one attached hydrogen (secondary N) is 2. The van der Waals surface area contributed by atoms with Crippen molar-refractivity contribution in [2.24, 2.45) is 5.92 Å². The van der Waals surface area contributed by atoms with Crippen LogP contribution in [0.25, 0.3) is 11.3 Å². The number of rotatable bonds is 7. The molecule has 0 fully saturated rings. The van der Waals surface area contributed by atoms with Gasteiger partial charge >= 0.3 is 0 Å². The van der Waals surface area contributed by atoms with E-state index in [1.165, 1.54) is 36.5 Å².